The van der Waals surface area contributed by atoms with E-state index in [1.54, 1.807) is 25.1 Å². The third-order valence-electron chi connectivity index (χ3n) is 3.53. The van der Waals surface area contributed by atoms with Crippen molar-refractivity contribution in [1.29, 1.82) is 5.26 Å². The molecule has 0 aliphatic heterocycles. The first-order valence-electron chi connectivity index (χ1n) is 6.95. The molecule has 0 fully saturated rings. The fourth-order valence-electron chi connectivity index (χ4n) is 1.93. The van der Waals surface area contributed by atoms with Gasteiger partial charge in [0.05, 0.1) is 18.4 Å². The van der Waals surface area contributed by atoms with Crippen molar-refractivity contribution < 1.29 is 14.3 Å². The molecule has 0 heterocycles. The van der Waals surface area contributed by atoms with E-state index in [4.69, 9.17) is 14.7 Å². The van der Waals surface area contributed by atoms with Crippen LogP contribution >= 0.6 is 0 Å². The lowest BCUT2D eigenvalue weighted by molar-refractivity contribution is -0.136. The van der Waals surface area contributed by atoms with Crippen LogP contribution in [0.4, 0.5) is 5.69 Å². The van der Waals surface area contributed by atoms with Crippen molar-refractivity contribution in [2.75, 3.05) is 19.5 Å². The first-order chi connectivity index (χ1) is 10.0. The summed E-state index contributed by atoms with van der Waals surface area (Å²) in [7, 11) is 3.05. The number of hydrogen-bond acceptors (Lipinski definition) is 4. The Balaban J connectivity index is 2.94. The van der Waals surface area contributed by atoms with Gasteiger partial charge in [-0.15, -0.1) is 0 Å². The Labute approximate surface area is 125 Å². The number of unbranched alkanes of at least 4 members (excludes halogenated alkanes) is 1. The molecule has 0 saturated heterocycles. The number of anilines is 1. The zero-order valence-corrected chi connectivity index (χ0v) is 13.0. The minimum atomic E-state index is -0.900. The van der Waals surface area contributed by atoms with E-state index >= 15 is 0 Å². The molecular weight excluding hydrogens is 268 g/mol. The minimum Gasteiger partial charge on any atom is -0.497 e. The third kappa shape index (κ3) is 4.20. The summed E-state index contributed by atoms with van der Waals surface area (Å²) in [6, 6.07) is 7.00. The number of nitrogens with zero attached hydrogens (tertiary/aromatic N) is 1. The van der Waals surface area contributed by atoms with Gasteiger partial charge in [-0.1, -0.05) is 19.8 Å². The average Bonchev–Trinajstić information content (AvgIpc) is 2.52. The number of methoxy groups -OCH3 is 2. The van der Waals surface area contributed by atoms with Crippen LogP contribution in [-0.4, -0.2) is 25.7 Å². The first-order valence-corrected chi connectivity index (χ1v) is 6.95. The smallest absolute Gasteiger partial charge is 0.256 e. The summed E-state index contributed by atoms with van der Waals surface area (Å²) in [6.07, 6.45) is 2.51. The van der Waals surface area contributed by atoms with Gasteiger partial charge in [-0.05, 0) is 31.5 Å². The second kappa shape index (κ2) is 7.65. The molecule has 1 N–H and O–H groups in total. The predicted molar refractivity (Wildman–Crippen MR) is 81.3 cm³/mol. The Kier molecular flexibility index (Phi) is 6.19. The van der Waals surface area contributed by atoms with Crippen molar-refractivity contribution in [2.24, 2.45) is 0 Å². The van der Waals surface area contributed by atoms with E-state index in [1.807, 2.05) is 0 Å². The van der Waals surface area contributed by atoms with Crippen LogP contribution in [0, 0.1) is 11.3 Å². The van der Waals surface area contributed by atoms with Crippen molar-refractivity contribution in [3.05, 3.63) is 23.8 Å². The van der Waals surface area contributed by atoms with Gasteiger partial charge in [-0.3, -0.25) is 4.79 Å². The Hall–Kier alpha value is -2.06. The van der Waals surface area contributed by atoms with Gasteiger partial charge in [0.1, 0.15) is 17.4 Å². The largest absolute Gasteiger partial charge is 0.497 e. The van der Waals surface area contributed by atoms with Gasteiger partial charge in [0, 0.05) is 7.11 Å². The van der Waals surface area contributed by atoms with Crippen LogP contribution in [0.25, 0.3) is 0 Å². The number of carbonyl (C=O) groups is 1. The number of carbonyl (C=O) groups excluding carboxylic acids is 1. The predicted octanol–water partition coefficient (Wildman–Crippen LogP) is 3.10. The summed E-state index contributed by atoms with van der Waals surface area (Å²) in [5.41, 5.74) is -0.0810. The Morgan fingerprint density at radius 3 is 2.67 bits per heavy atom. The zero-order chi connectivity index (χ0) is 15.9. The van der Waals surface area contributed by atoms with Crippen molar-refractivity contribution in [3.8, 4) is 11.8 Å². The van der Waals surface area contributed by atoms with E-state index in [2.05, 4.69) is 18.3 Å². The third-order valence-corrected chi connectivity index (χ3v) is 3.53. The number of nitrogens with one attached hydrogen (secondary N) is 1. The molecule has 5 heteroatoms. The highest BCUT2D eigenvalue weighted by atomic mass is 16.5. The fraction of sp³-hybridized carbons (Fsp3) is 0.500. The topological polar surface area (TPSA) is 71.3 Å². The average molecular weight is 290 g/mol. The summed E-state index contributed by atoms with van der Waals surface area (Å²) in [5.74, 6) is 0.324. The molecule has 0 aromatic heterocycles. The monoisotopic (exact) mass is 290 g/mol. The van der Waals surface area contributed by atoms with E-state index < -0.39 is 5.60 Å². The van der Waals surface area contributed by atoms with E-state index in [-0.39, 0.29) is 5.91 Å². The summed E-state index contributed by atoms with van der Waals surface area (Å²) in [4.78, 5) is 12.4. The second-order valence-electron chi connectivity index (χ2n) is 5.02. The van der Waals surface area contributed by atoms with Crippen molar-refractivity contribution in [3.63, 3.8) is 0 Å². The Bertz CT molecular complexity index is 537. The lowest BCUT2D eigenvalue weighted by atomic mass is 9.97. The van der Waals surface area contributed by atoms with E-state index in [0.717, 1.165) is 12.8 Å². The van der Waals surface area contributed by atoms with E-state index in [1.165, 1.54) is 14.2 Å². The second-order valence-corrected chi connectivity index (χ2v) is 5.02. The maximum Gasteiger partial charge on any atom is 0.256 e. The molecule has 1 aromatic rings. The molecule has 0 saturated carbocycles. The molecule has 0 aliphatic carbocycles. The molecular formula is C16H22N2O3. The molecule has 1 unspecified atom stereocenters. The number of nitriles is 1. The van der Waals surface area contributed by atoms with Crippen LogP contribution < -0.4 is 10.1 Å². The van der Waals surface area contributed by atoms with Crippen LogP contribution in [0.15, 0.2) is 18.2 Å². The molecule has 114 valence electrons. The van der Waals surface area contributed by atoms with Gasteiger partial charge in [0.25, 0.3) is 5.91 Å². The van der Waals surface area contributed by atoms with Gasteiger partial charge in [-0.25, -0.2) is 0 Å². The molecule has 21 heavy (non-hydrogen) atoms. The van der Waals surface area contributed by atoms with Crippen LogP contribution in [0.2, 0.25) is 0 Å². The SMILES string of the molecule is CCCCC(C)(OC)C(=O)Nc1ccc(OC)cc1C#N. The molecule has 1 atom stereocenters. The Morgan fingerprint density at radius 2 is 2.14 bits per heavy atom. The lowest BCUT2D eigenvalue weighted by Crippen LogP contribution is -2.42. The molecule has 5 nitrogen and oxygen atoms in total. The van der Waals surface area contributed by atoms with Gasteiger partial charge in [0.15, 0.2) is 0 Å². The van der Waals surface area contributed by atoms with Crippen LogP contribution in [-0.2, 0) is 9.53 Å². The van der Waals surface area contributed by atoms with Gasteiger partial charge >= 0.3 is 0 Å². The van der Waals surface area contributed by atoms with E-state index in [0.29, 0.717) is 23.4 Å². The minimum absolute atomic E-state index is 0.250. The standard InChI is InChI=1S/C16H22N2O3/c1-5-6-9-16(2,21-4)15(19)18-14-8-7-13(20-3)10-12(14)11-17/h7-8,10H,5-6,9H2,1-4H3,(H,18,19). The van der Waals surface area contributed by atoms with Gasteiger partial charge < -0.3 is 14.8 Å². The molecule has 1 aromatic carbocycles. The Morgan fingerprint density at radius 1 is 1.43 bits per heavy atom. The number of ether oxygens (including phenoxy) is 2. The number of hydrogen-bond donors (Lipinski definition) is 1. The normalized spacial score (nSPS) is 13.1. The van der Waals surface area contributed by atoms with Crippen LogP contribution in [0.1, 0.15) is 38.7 Å². The summed E-state index contributed by atoms with van der Waals surface area (Å²) >= 11 is 0. The molecule has 0 spiro atoms. The lowest BCUT2D eigenvalue weighted by Gasteiger charge is -2.27. The molecule has 1 rings (SSSR count). The highest BCUT2D eigenvalue weighted by molar-refractivity contribution is 5.98. The van der Waals surface area contributed by atoms with Crippen molar-refractivity contribution >= 4 is 11.6 Å². The number of benzene rings is 1. The molecule has 1 amide bonds. The number of rotatable bonds is 7. The maximum absolute atomic E-state index is 12.4. The highest BCUT2D eigenvalue weighted by Gasteiger charge is 2.32. The molecule has 0 bridgehead atoms. The van der Waals surface area contributed by atoms with Crippen molar-refractivity contribution in [2.45, 2.75) is 38.7 Å². The highest BCUT2D eigenvalue weighted by Crippen LogP contribution is 2.25. The molecule has 0 radical (unpaired) electrons. The van der Waals surface area contributed by atoms with Crippen LogP contribution in [0.5, 0.6) is 5.75 Å². The van der Waals surface area contributed by atoms with Crippen molar-refractivity contribution in [1.82, 2.24) is 0 Å². The van der Waals surface area contributed by atoms with Crippen LogP contribution in [0.3, 0.4) is 0 Å². The number of amides is 1. The summed E-state index contributed by atoms with van der Waals surface area (Å²) in [5, 5.41) is 11.9. The summed E-state index contributed by atoms with van der Waals surface area (Å²) < 4.78 is 10.4. The fourth-order valence-corrected chi connectivity index (χ4v) is 1.93. The zero-order valence-electron chi connectivity index (χ0n) is 13.0. The van der Waals surface area contributed by atoms with Gasteiger partial charge in [0.2, 0.25) is 0 Å². The maximum atomic E-state index is 12.4. The summed E-state index contributed by atoms with van der Waals surface area (Å²) in [6.45, 7) is 3.82. The van der Waals surface area contributed by atoms with E-state index in [9.17, 15) is 4.79 Å². The molecule has 0 aliphatic rings. The first kappa shape index (κ1) is 17.0. The quantitative estimate of drug-likeness (QED) is 0.837. The van der Waals surface area contributed by atoms with Gasteiger partial charge in [-0.2, -0.15) is 5.26 Å².